The quantitative estimate of drug-likeness (QED) is 0.205. The van der Waals surface area contributed by atoms with Crippen LogP contribution in [0.4, 0.5) is 0 Å². The molecule has 1 heterocycles. The Bertz CT molecular complexity index is 2790. The first-order valence-corrected chi connectivity index (χ1v) is 12.9. The van der Waals surface area contributed by atoms with Crippen LogP contribution in [0.2, 0.25) is 0 Å². The van der Waals surface area contributed by atoms with Crippen molar-refractivity contribution in [1.29, 1.82) is 0 Å². The SMILES string of the molecule is [2H]c1c([2H])c([2H])c(-n2c(-c3c4c([2H])c([2H])c([2H])c([2H])c4c(-c4ccc(-c5ccccc5)cc4)c4c([2H])c([2H])c([2H])c([2H])c34)nc3ccccc32)c([2H])c1[2H]. The minimum atomic E-state index is -0.624. The van der Waals surface area contributed by atoms with Crippen molar-refractivity contribution in [1.82, 2.24) is 9.55 Å². The Labute approximate surface area is 257 Å². The van der Waals surface area contributed by atoms with E-state index in [4.69, 9.17) is 17.3 Å². The lowest BCUT2D eigenvalue weighted by atomic mass is 9.87. The molecule has 192 valence electrons. The summed E-state index contributed by atoms with van der Waals surface area (Å²) in [5, 5.41) is -0.324. The van der Waals surface area contributed by atoms with Crippen LogP contribution in [0.3, 0.4) is 0 Å². The first-order chi connectivity index (χ1) is 25.8. The fourth-order valence-electron chi connectivity index (χ4n) is 5.37. The summed E-state index contributed by atoms with van der Waals surface area (Å²) in [6.45, 7) is 0. The van der Waals surface area contributed by atoms with E-state index < -0.39 is 78.6 Å². The molecule has 0 N–H and O–H groups in total. The molecule has 8 rings (SSSR count). The van der Waals surface area contributed by atoms with Crippen molar-refractivity contribution in [3.8, 4) is 39.3 Å². The van der Waals surface area contributed by atoms with Crippen molar-refractivity contribution >= 4 is 32.6 Å². The zero-order valence-electron chi connectivity index (χ0n) is 34.4. The van der Waals surface area contributed by atoms with Gasteiger partial charge in [-0.2, -0.15) is 0 Å². The van der Waals surface area contributed by atoms with Gasteiger partial charge in [0.15, 0.2) is 0 Å². The minimum absolute atomic E-state index is 0.0411. The predicted octanol–water partition coefficient (Wildman–Crippen LogP) is 10.3. The standard InChI is InChI=1S/C39H26N2/c1-3-13-27(14-4-1)28-23-25-29(26-24-28)37-31-17-7-9-19-33(31)38(34-20-10-8-18-32(34)37)39-40-35-21-11-12-22-36(35)41(39)30-15-5-2-6-16-30/h1-26H/i2D,5D,6D,7D,8D,9D,10D,15D,16D,17D,18D,19D,20D. The van der Waals surface area contributed by atoms with Crippen LogP contribution < -0.4 is 0 Å². The van der Waals surface area contributed by atoms with Gasteiger partial charge in [0.05, 0.1) is 28.9 Å². The second-order valence-electron chi connectivity index (χ2n) is 9.43. The summed E-state index contributed by atoms with van der Waals surface area (Å²) in [7, 11) is 0. The Balaban J connectivity index is 1.65. The number of para-hydroxylation sites is 3. The first-order valence-electron chi connectivity index (χ1n) is 19.4. The molecule has 8 aromatic rings. The third-order valence-corrected chi connectivity index (χ3v) is 7.15. The summed E-state index contributed by atoms with van der Waals surface area (Å²) in [5.41, 5.74) is 2.50. The summed E-state index contributed by atoms with van der Waals surface area (Å²) in [6.07, 6.45) is 0. The van der Waals surface area contributed by atoms with Crippen LogP contribution in [0.1, 0.15) is 17.8 Å². The second kappa shape index (κ2) is 9.62. The number of fused-ring (bicyclic) bond motifs is 3. The number of rotatable bonds is 4. The highest BCUT2D eigenvalue weighted by Crippen LogP contribution is 2.44. The van der Waals surface area contributed by atoms with E-state index >= 15 is 0 Å². The summed E-state index contributed by atoms with van der Waals surface area (Å²) in [4.78, 5) is 4.84. The average molecular weight is 536 g/mol. The summed E-state index contributed by atoms with van der Waals surface area (Å²) < 4.78 is 117. The Morgan fingerprint density at radius 3 is 1.63 bits per heavy atom. The van der Waals surface area contributed by atoms with Crippen LogP contribution in [-0.2, 0) is 0 Å². The molecule has 0 unspecified atom stereocenters. The van der Waals surface area contributed by atoms with Crippen molar-refractivity contribution in [3.63, 3.8) is 0 Å². The highest BCUT2D eigenvalue weighted by atomic mass is 15.1. The fraction of sp³-hybridized carbons (Fsp3) is 0. The Morgan fingerprint density at radius 2 is 0.976 bits per heavy atom. The number of hydrogen-bond acceptors (Lipinski definition) is 1. The molecule has 0 aliphatic carbocycles. The normalized spacial score (nSPS) is 15.9. The van der Waals surface area contributed by atoms with E-state index in [0.29, 0.717) is 11.1 Å². The molecule has 1 aromatic heterocycles. The van der Waals surface area contributed by atoms with E-state index in [2.05, 4.69) is 0 Å². The van der Waals surface area contributed by atoms with Crippen molar-refractivity contribution < 1.29 is 17.8 Å². The van der Waals surface area contributed by atoms with E-state index in [1.54, 1.807) is 36.4 Å². The van der Waals surface area contributed by atoms with Gasteiger partial charge in [0, 0.05) is 11.3 Å². The molecule has 0 amide bonds. The van der Waals surface area contributed by atoms with Gasteiger partial charge in [-0.15, -0.1) is 0 Å². The summed E-state index contributed by atoms with van der Waals surface area (Å²) in [6, 6.07) is 15.9. The average Bonchev–Trinajstić information content (AvgIpc) is 3.57. The van der Waals surface area contributed by atoms with Gasteiger partial charge < -0.3 is 0 Å². The maximum atomic E-state index is 9.33. The lowest BCUT2D eigenvalue weighted by molar-refractivity contribution is 1.11. The first kappa shape index (κ1) is 13.7. The second-order valence-corrected chi connectivity index (χ2v) is 9.43. The molecule has 2 nitrogen and oxygen atoms in total. The lowest BCUT2D eigenvalue weighted by Gasteiger charge is -2.18. The number of hydrogen-bond donors (Lipinski definition) is 0. The molecule has 2 heteroatoms. The van der Waals surface area contributed by atoms with Gasteiger partial charge in [0.1, 0.15) is 5.82 Å². The van der Waals surface area contributed by atoms with Crippen molar-refractivity contribution in [3.05, 3.63) is 157 Å². The van der Waals surface area contributed by atoms with E-state index in [1.807, 2.05) is 42.5 Å². The maximum Gasteiger partial charge on any atom is 0.146 e. The number of nitrogens with zero attached hydrogens (tertiary/aromatic N) is 2. The smallest absolute Gasteiger partial charge is 0.146 e. The summed E-state index contributed by atoms with van der Waals surface area (Å²) in [5.74, 6) is -0.147. The molecule has 7 aromatic carbocycles. The van der Waals surface area contributed by atoms with Gasteiger partial charge >= 0.3 is 0 Å². The van der Waals surface area contributed by atoms with Crippen LogP contribution in [0, 0.1) is 0 Å². The molecule has 0 spiro atoms. The van der Waals surface area contributed by atoms with Gasteiger partial charge in [0.25, 0.3) is 0 Å². The molecular weight excluding hydrogens is 496 g/mol. The van der Waals surface area contributed by atoms with Crippen molar-refractivity contribution in [2.45, 2.75) is 0 Å². The van der Waals surface area contributed by atoms with E-state index in [9.17, 15) is 5.48 Å². The number of benzene rings is 7. The lowest BCUT2D eigenvalue weighted by Crippen LogP contribution is -1.99. The third kappa shape index (κ3) is 3.84. The van der Waals surface area contributed by atoms with Gasteiger partial charge in [-0.1, -0.05) is 133 Å². The Morgan fingerprint density at radius 1 is 0.463 bits per heavy atom. The van der Waals surface area contributed by atoms with Crippen LogP contribution >= 0.6 is 0 Å². The predicted molar refractivity (Wildman–Crippen MR) is 172 cm³/mol. The molecule has 0 aliphatic rings. The van der Waals surface area contributed by atoms with Crippen LogP contribution in [-0.4, -0.2) is 9.55 Å². The maximum absolute atomic E-state index is 9.33. The molecule has 0 saturated heterocycles. The zero-order chi connectivity index (χ0) is 38.5. The van der Waals surface area contributed by atoms with Crippen molar-refractivity contribution in [2.75, 3.05) is 0 Å². The number of imidazole rings is 1. The molecule has 0 fully saturated rings. The highest BCUT2D eigenvalue weighted by Gasteiger charge is 2.21. The van der Waals surface area contributed by atoms with Gasteiger partial charge in [-0.25, -0.2) is 4.98 Å². The molecule has 0 aliphatic heterocycles. The topological polar surface area (TPSA) is 17.8 Å². The monoisotopic (exact) mass is 535 g/mol. The van der Waals surface area contributed by atoms with E-state index in [0.717, 1.165) is 11.1 Å². The van der Waals surface area contributed by atoms with Gasteiger partial charge in [-0.3, -0.25) is 4.57 Å². The van der Waals surface area contributed by atoms with Crippen LogP contribution in [0.5, 0.6) is 0 Å². The Hall–Kier alpha value is -5.47. The molecule has 0 bridgehead atoms. The molecule has 0 saturated carbocycles. The van der Waals surface area contributed by atoms with E-state index in [1.165, 1.54) is 4.57 Å². The minimum Gasteiger partial charge on any atom is -0.292 e. The fourth-order valence-corrected chi connectivity index (χ4v) is 5.37. The van der Waals surface area contributed by atoms with Crippen LogP contribution in [0.25, 0.3) is 71.9 Å². The highest BCUT2D eigenvalue weighted by molar-refractivity contribution is 6.21. The third-order valence-electron chi connectivity index (χ3n) is 7.15. The zero-order valence-corrected chi connectivity index (χ0v) is 21.4. The molecule has 41 heavy (non-hydrogen) atoms. The Kier molecular flexibility index (Phi) is 3.22. The molecule has 0 radical (unpaired) electrons. The van der Waals surface area contributed by atoms with E-state index in [-0.39, 0.29) is 49.7 Å². The molecular formula is C39H26N2. The van der Waals surface area contributed by atoms with Crippen molar-refractivity contribution in [2.24, 2.45) is 0 Å². The summed E-state index contributed by atoms with van der Waals surface area (Å²) >= 11 is 0. The largest absolute Gasteiger partial charge is 0.292 e. The van der Waals surface area contributed by atoms with Gasteiger partial charge in [0.2, 0.25) is 0 Å². The van der Waals surface area contributed by atoms with Gasteiger partial charge in [-0.05, 0) is 68.0 Å². The number of aromatic nitrogens is 2. The molecule has 0 atom stereocenters. The van der Waals surface area contributed by atoms with Crippen LogP contribution in [0.15, 0.2) is 157 Å².